The fourth-order valence-electron chi connectivity index (χ4n) is 2.17. The standard InChI is InChI=1S/C20H21N3O6/c1-13(18(25)22-23-20(27)14-6-4-3-5-7-14)29-17(24)12-21-19(26)15-8-10-16(28-2)11-9-15/h3-11,13H,12H2,1-2H3,(H,21,26)(H,22,25)(H,23,27)/t13-/m1/s1. The second-order valence-electron chi connectivity index (χ2n) is 5.85. The van der Waals surface area contributed by atoms with Gasteiger partial charge in [0.1, 0.15) is 12.3 Å². The van der Waals surface area contributed by atoms with Crippen molar-refractivity contribution >= 4 is 23.7 Å². The highest BCUT2D eigenvalue weighted by Gasteiger charge is 2.19. The maximum Gasteiger partial charge on any atom is 0.326 e. The third-order valence-electron chi connectivity index (χ3n) is 3.76. The van der Waals surface area contributed by atoms with Crippen LogP contribution in [0.5, 0.6) is 5.75 Å². The van der Waals surface area contributed by atoms with Gasteiger partial charge in [0.25, 0.3) is 17.7 Å². The molecule has 2 aromatic carbocycles. The molecule has 0 unspecified atom stereocenters. The first-order valence-electron chi connectivity index (χ1n) is 8.67. The maximum absolute atomic E-state index is 12.0. The molecule has 0 bridgehead atoms. The van der Waals surface area contributed by atoms with Crippen LogP contribution >= 0.6 is 0 Å². The molecule has 2 aromatic rings. The summed E-state index contributed by atoms with van der Waals surface area (Å²) in [5.41, 5.74) is 5.10. The molecule has 0 saturated heterocycles. The number of benzene rings is 2. The van der Waals surface area contributed by atoms with Gasteiger partial charge in [0, 0.05) is 11.1 Å². The monoisotopic (exact) mass is 399 g/mol. The Morgan fingerprint density at radius 2 is 1.48 bits per heavy atom. The van der Waals surface area contributed by atoms with Crippen molar-refractivity contribution in [1.29, 1.82) is 0 Å². The Kier molecular flexibility index (Phi) is 7.72. The summed E-state index contributed by atoms with van der Waals surface area (Å²) in [6.45, 7) is 0.923. The van der Waals surface area contributed by atoms with Crippen LogP contribution in [0, 0.1) is 0 Å². The second kappa shape index (κ2) is 10.5. The number of ether oxygens (including phenoxy) is 2. The lowest BCUT2D eigenvalue weighted by Crippen LogP contribution is -2.47. The average molecular weight is 399 g/mol. The number of nitrogens with one attached hydrogen (secondary N) is 3. The first kappa shape index (κ1) is 21.4. The highest BCUT2D eigenvalue weighted by atomic mass is 16.5. The maximum atomic E-state index is 12.0. The summed E-state index contributed by atoms with van der Waals surface area (Å²) in [5, 5.41) is 2.40. The number of rotatable bonds is 7. The molecule has 0 heterocycles. The van der Waals surface area contributed by atoms with Crippen LogP contribution in [0.1, 0.15) is 27.6 Å². The zero-order valence-electron chi connectivity index (χ0n) is 15.9. The molecule has 152 valence electrons. The molecule has 0 spiro atoms. The van der Waals surface area contributed by atoms with Gasteiger partial charge in [-0.25, -0.2) is 0 Å². The van der Waals surface area contributed by atoms with E-state index in [0.29, 0.717) is 16.9 Å². The van der Waals surface area contributed by atoms with Crippen molar-refractivity contribution in [2.45, 2.75) is 13.0 Å². The van der Waals surface area contributed by atoms with E-state index in [9.17, 15) is 19.2 Å². The van der Waals surface area contributed by atoms with E-state index in [1.165, 1.54) is 14.0 Å². The van der Waals surface area contributed by atoms with E-state index in [4.69, 9.17) is 9.47 Å². The summed E-state index contributed by atoms with van der Waals surface area (Å²) >= 11 is 0. The molecule has 0 fully saturated rings. The zero-order valence-corrected chi connectivity index (χ0v) is 15.9. The van der Waals surface area contributed by atoms with E-state index in [0.717, 1.165) is 0 Å². The van der Waals surface area contributed by atoms with E-state index >= 15 is 0 Å². The Balaban J connectivity index is 1.73. The predicted molar refractivity (Wildman–Crippen MR) is 103 cm³/mol. The molecule has 3 N–H and O–H groups in total. The number of carbonyl (C=O) groups excluding carboxylic acids is 4. The second-order valence-corrected chi connectivity index (χ2v) is 5.85. The van der Waals surface area contributed by atoms with Crippen LogP contribution in [0.15, 0.2) is 54.6 Å². The van der Waals surface area contributed by atoms with Crippen molar-refractivity contribution in [1.82, 2.24) is 16.2 Å². The number of amides is 3. The Hall–Kier alpha value is -3.88. The molecule has 2 rings (SSSR count). The van der Waals surface area contributed by atoms with Crippen LogP contribution in [-0.4, -0.2) is 43.4 Å². The van der Waals surface area contributed by atoms with Gasteiger partial charge in [0.2, 0.25) is 0 Å². The summed E-state index contributed by atoms with van der Waals surface area (Å²) in [4.78, 5) is 47.6. The molecule has 1 atom stereocenters. The lowest BCUT2D eigenvalue weighted by atomic mass is 10.2. The van der Waals surface area contributed by atoms with Gasteiger partial charge in [0.15, 0.2) is 6.10 Å². The van der Waals surface area contributed by atoms with Crippen LogP contribution in [0.2, 0.25) is 0 Å². The van der Waals surface area contributed by atoms with E-state index in [1.807, 2.05) is 0 Å². The summed E-state index contributed by atoms with van der Waals surface area (Å²) in [6, 6.07) is 14.6. The third-order valence-corrected chi connectivity index (χ3v) is 3.76. The zero-order chi connectivity index (χ0) is 21.2. The van der Waals surface area contributed by atoms with Crippen molar-refractivity contribution in [3.05, 3.63) is 65.7 Å². The minimum absolute atomic E-state index is 0.341. The van der Waals surface area contributed by atoms with E-state index < -0.39 is 36.3 Å². The molecular weight excluding hydrogens is 378 g/mol. The molecule has 0 radical (unpaired) electrons. The van der Waals surface area contributed by atoms with Crippen LogP contribution < -0.4 is 20.9 Å². The van der Waals surface area contributed by atoms with Gasteiger partial charge in [-0.2, -0.15) is 0 Å². The van der Waals surface area contributed by atoms with Gasteiger partial charge in [-0.1, -0.05) is 18.2 Å². The van der Waals surface area contributed by atoms with Crippen LogP contribution in [-0.2, 0) is 14.3 Å². The fourth-order valence-corrected chi connectivity index (χ4v) is 2.17. The molecule has 9 nitrogen and oxygen atoms in total. The van der Waals surface area contributed by atoms with Crippen LogP contribution in [0.4, 0.5) is 0 Å². The Labute approximate surface area is 167 Å². The van der Waals surface area contributed by atoms with E-state index in [1.54, 1.807) is 54.6 Å². The van der Waals surface area contributed by atoms with Crippen LogP contribution in [0.25, 0.3) is 0 Å². The molecule has 9 heteroatoms. The SMILES string of the molecule is COc1ccc(C(=O)NCC(=O)O[C@H](C)C(=O)NNC(=O)c2ccccc2)cc1. The quantitative estimate of drug-likeness (QED) is 0.468. The first-order chi connectivity index (χ1) is 13.9. The van der Waals surface area contributed by atoms with Crippen molar-refractivity contribution in [3.63, 3.8) is 0 Å². The first-order valence-corrected chi connectivity index (χ1v) is 8.67. The van der Waals surface area contributed by atoms with Crippen molar-refractivity contribution in [2.24, 2.45) is 0 Å². The number of hydrazine groups is 1. The normalized spacial score (nSPS) is 11.0. The smallest absolute Gasteiger partial charge is 0.326 e. The molecule has 0 aliphatic heterocycles. The summed E-state index contributed by atoms with van der Waals surface area (Å²) in [6.07, 6.45) is -1.17. The number of hydrogen-bond acceptors (Lipinski definition) is 6. The fraction of sp³-hybridized carbons (Fsp3) is 0.200. The highest BCUT2D eigenvalue weighted by molar-refractivity contribution is 5.97. The van der Waals surface area contributed by atoms with E-state index in [-0.39, 0.29) is 0 Å². The molecular formula is C20H21N3O6. The summed E-state index contributed by atoms with van der Waals surface area (Å²) in [5.74, 6) is -1.91. The molecule has 0 aliphatic carbocycles. The number of hydrogen-bond donors (Lipinski definition) is 3. The van der Waals surface area contributed by atoms with Gasteiger partial charge >= 0.3 is 5.97 Å². The summed E-state index contributed by atoms with van der Waals surface area (Å²) < 4.78 is 9.94. The highest BCUT2D eigenvalue weighted by Crippen LogP contribution is 2.11. The van der Waals surface area contributed by atoms with Gasteiger partial charge in [-0.15, -0.1) is 0 Å². The predicted octanol–water partition coefficient (Wildman–Crippen LogP) is 0.818. The van der Waals surface area contributed by atoms with Crippen molar-refractivity contribution < 1.29 is 28.7 Å². The van der Waals surface area contributed by atoms with Gasteiger partial charge in [0.05, 0.1) is 7.11 Å². The largest absolute Gasteiger partial charge is 0.497 e. The van der Waals surface area contributed by atoms with Crippen LogP contribution in [0.3, 0.4) is 0 Å². The molecule has 0 saturated carbocycles. The van der Waals surface area contributed by atoms with Gasteiger partial charge in [-0.05, 0) is 43.3 Å². The Bertz CT molecular complexity index is 868. The summed E-state index contributed by atoms with van der Waals surface area (Å²) in [7, 11) is 1.51. The minimum atomic E-state index is -1.17. The molecule has 3 amide bonds. The number of carbonyl (C=O) groups is 4. The molecule has 0 aromatic heterocycles. The Morgan fingerprint density at radius 1 is 0.862 bits per heavy atom. The topological polar surface area (TPSA) is 123 Å². The number of esters is 1. The molecule has 29 heavy (non-hydrogen) atoms. The lowest BCUT2D eigenvalue weighted by Gasteiger charge is -2.14. The Morgan fingerprint density at radius 3 is 2.10 bits per heavy atom. The minimum Gasteiger partial charge on any atom is -0.497 e. The van der Waals surface area contributed by atoms with Gasteiger partial charge < -0.3 is 14.8 Å². The van der Waals surface area contributed by atoms with E-state index in [2.05, 4.69) is 16.2 Å². The molecule has 0 aliphatic rings. The average Bonchev–Trinajstić information content (AvgIpc) is 2.76. The van der Waals surface area contributed by atoms with Crippen molar-refractivity contribution in [3.8, 4) is 5.75 Å². The van der Waals surface area contributed by atoms with Crippen molar-refractivity contribution in [2.75, 3.05) is 13.7 Å². The van der Waals surface area contributed by atoms with Gasteiger partial charge in [-0.3, -0.25) is 30.0 Å². The lowest BCUT2D eigenvalue weighted by molar-refractivity contribution is -0.154. The number of methoxy groups -OCH3 is 1. The third kappa shape index (κ3) is 6.65.